The number of amides is 1. The van der Waals surface area contributed by atoms with Crippen LogP contribution in [0.15, 0.2) is 36.7 Å². The largest absolute Gasteiger partial charge is 0.353 e. The molecule has 1 fully saturated rings. The van der Waals surface area contributed by atoms with Crippen molar-refractivity contribution in [2.75, 3.05) is 31.1 Å². The van der Waals surface area contributed by atoms with Crippen LogP contribution in [0, 0.1) is 0 Å². The van der Waals surface area contributed by atoms with Gasteiger partial charge in [0.1, 0.15) is 11.0 Å². The van der Waals surface area contributed by atoms with Crippen LogP contribution in [0.4, 0.5) is 5.82 Å². The van der Waals surface area contributed by atoms with Gasteiger partial charge in [-0.05, 0) is 18.2 Å². The van der Waals surface area contributed by atoms with Gasteiger partial charge in [0.25, 0.3) is 5.91 Å². The van der Waals surface area contributed by atoms with Crippen molar-refractivity contribution in [2.45, 2.75) is 0 Å². The zero-order valence-corrected chi connectivity index (χ0v) is 13.3. The fourth-order valence-electron chi connectivity index (χ4n) is 2.40. The predicted molar refractivity (Wildman–Crippen MR) is 86.6 cm³/mol. The number of hydrogen-bond donors (Lipinski definition) is 0. The van der Waals surface area contributed by atoms with Crippen molar-refractivity contribution < 1.29 is 4.79 Å². The molecule has 0 spiro atoms. The van der Waals surface area contributed by atoms with E-state index in [9.17, 15) is 4.79 Å². The lowest BCUT2D eigenvalue weighted by Crippen LogP contribution is -2.49. The van der Waals surface area contributed by atoms with Gasteiger partial charge in [-0.1, -0.05) is 29.3 Å². The van der Waals surface area contributed by atoms with Crippen molar-refractivity contribution in [1.29, 1.82) is 0 Å². The van der Waals surface area contributed by atoms with Gasteiger partial charge in [-0.2, -0.15) is 0 Å². The summed E-state index contributed by atoms with van der Waals surface area (Å²) in [6.07, 6.45) is 3.23. The van der Waals surface area contributed by atoms with Crippen LogP contribution in [0.3, 0.4) is 0 Å². The fraction of sp³-hybridized carbons (Fsp3) is 0.267. The molecule has 7 heteroatoms. The summed E-state index contributed by atoms with van der Waals surface area (Å²) in [4.78, 5) is 24.7. The van der Waals surface area contributed by atoms with Crippen molar-refractivity contribution in [3.8, 4) is 0 Å². The molecule has 1 saturated heterocycles. The third kappa shape index (κ3) is 3.15. The smallest absolute Gasteiger partial charge is 0.255 e. The van der Waals surface area contributed by atoms with Crippen LogP contribution in [0.1, 0.15) is 10.4 Å². The number of hydrogen-bond acceptors (Lipinski definition) is 4. The van der Waals surface area contributed by atoms with E-state index >= 15 is 0 Å². The highest BCUT2D eigenvalue weighted by atomic mass is 35.5. The summed E-state index contributed by atoms with van der Waals surface area (Å²) < 4.78 is 0. The zero-order chi connectivity index (χ0) is 15.5. The van der Waals surface area contributed by atoms with Gasteiger partial charge in [0.05, 0.1) is 10.6 Å². The number of aromatic nitrogens is 2. The quantitative estimate of drug-likeness (QED) is 0.791. The summed E-state index contributed by atoms with van der Waals surface area (Å²) in [5.74, 6) is 0.859. The Bertz CT molecular complexity index is 672. The summed E-state index contributed by atoms with van der Waals surface area (Å²) in [5, 5.41) is 0.498. The molecule has 0 N–H and O–H groups in total. The molecule has 0 unspecified atom stereocenters. The first kappa shape index (κ1) is 15.1. The van der Waals surface area contributed by atoms with E-state index < -0.39 is 0 Å². The Hall–Kier alpha value is -1.85. The second-order valence-corrected chi connectivity index (χ2v) is 5.73. The van der Waals surface area contributed by atoms with E-state index in [0.717, 1.165) is 18.9 Å². The van der Waals surface area contributed by atoms with Gasteiger partial charge in [0.2, 0.25) is 0 Å². The first-order valence-corrected chi connectivity index (χ1v) is 7.67. The molecule has 3 heterocycles. The number of pyridine rings is 2. The minimum absolute atomic E-state index is 0.0771. The van der Waals surface area contributed by atoms with Crippen LogP contribution in [0.5, 0.6) is 0 Å². The Morgan fingerprint density at radius 1 is 1.09 bits per heavy atom. The molecule has 0 radical (unpaired) electrons. The van der Waals surface area contributed by atoms with Gasteiger partial charge in [-0.25, -0.2) is 9.97 Å². The summed E-state index contributed by atoms with van der Waals surface area (Å²) in [6.45, 7) is 2.76. The van der Waals surface area contributed by atoms with Crippen LogP contribution in [-0.2, 0) is 0 Å². The molecule has 5 nitrogen and oxygen atoms in total. The molecule has 0 bridgehead atoms. The van der Waals surface area contributed by atoms with Crippen molar-refractivity contribution in [3.05, 3.63) is 52.4 Å². The van der Waals surface area contributed by atoms with E-state index in [0.29, 0.717) is 23.7 Å². The average Bonchev–Trinajstić information content (AvgIpc) is 2.58. The SMILES string of the molecule is O=C(c1cnc(Cl)c(Cl)c1)N1CCN(c2ccccn2)CC1. The van der Waals surface area contributed by atoms with E-state index in [1.54, 1.807) is 17.2 Å². The summed E-state index contributed by atoms with van der Waals surface area (Å²) in [6, 6.07) is 7.38. The third-order valence-corrected chi connectivity index (χ3v) is 4.27. The van der Waals surface area contributed by atoms with Crippen LogP contribution >= 0.6 is 23.2 Å². The van der Waals surface area contributed by atoms with Gasteiger partial charge >= 0.3 is 0 Å². The van der Waals surface area contributed by atoms with E-state index in [2.05, 4.69) is 14.9 Å². The highest BCUT2D eigenvalue weighted by molar-refractivity contribution is 6.41. The lowest BCUT2D eigenvalue weighted by atomic mass is 10.2. The van der Waals surface area contributed by atoms with Crippen molar-refractivity contribution in [3.63, 3.8) is 0 Å². The molecule has 3 rings (SSSR count). The van der Waals surface area contributed by atoms with Crippen molar-refractivity contribution in [1.82, 2.24) is 14.9 Å². The molecule has 2 aromatic rings. The standard InChI is InChI=1S/C15H14Cl2N4O/c16-12-9-11(10-19-14(12)17)15(22)21-7-5-20(6-8-21)13-3-1-2-4-18-13/h1-4,9-10H,5-8H2. The number of carbonyl (C=O) groups excluding carboxylic acids is 1. The first-order chi connectivity index (χ1) is 10.6. The monoisotopic (exact) mass is 336 g/mol. The molecule has 0 aliphatic carbocycles. The van der Waals surface area contributed by atoms with Gasteiger partial charge < -0.3 is 9.80 Å². The second-order valence-electron chi connectivity index (χ2n) is 4.96. The molecule has 22 heavy (non-hydrogen) atoms. The minimum atomic E-state index is -0.0771. The van der Waals surface area contributed by atoms with Crippen LogP contribution in [0.2, 0.25) is 10.2 Å². The minimum Gasteiger partial charge on any atom is -0.353 e. The number of rotatable bonds is 2. The predicted octanol–water partition coefficient (Wildman–Crippen LogP) is 2.75. The first-order valence-electron chi connectivity index (χ1n) is 6.91. The summed E-state index contributed by atoms with van der Waals surface area (Å²) in [5.41, 5.74) is 0.459. The topological polar surface area (TPSA) is 49.3 Å². The van der Waals surface area contributed by atoms with Gasteiger partial charge in [0.15, 0.2) is 0 Å². The van der Waals surface area contributed by atoms with E-state index in [1.807, 2.05) is 18.2 Å². The van der Waals surface area contributed by atoms with E-state index in [4.69, 9.17) is 23.2 Å². The Morgan fingerprint density at radius 2 is 1.86 bits per heavy atom. The van der Waals surface area contributed by atoms with Crippen LogP contribution in [0.25, 0.3) is 0 Å². The molecule has 0 aromatic carbocycles. The maximum absolute atomic E-state index is 12.5. The molecule has 0 saturated carbocycles. The van der Waals surface area contributed by atoms with E-state index in [-0.39, 0.29) is 11.1 Å². The van der Waals surface area contributed by atoms with Crippen LogP contribution in [-0.4, -0.2) is 47.0 Å². The number of piperazine rings is 1. The highest BCUT2D eigenvalue weighted by Gasteiger charge is 2.23. The molecule has 0 atom stereocenters. The third-order valence-electron chi connectivity index (χ3n) is 3.58. The number of carbonyl (C=O) groups is 1. The molecule has 1 aliphatic rings. The molecule has 114 valence electrons. The summed E-state index contributed by atoms with van der Waals surface area (Å²) >= 11 is 11.7. The Balaban J connectivity index is 1.66. The Labute approximate surface area is 138 Å². The van der Waals surface area contributed by atoms with Crippen molar-refractivity contribution in [2.24, 2.45) is 0 Å². The summed E-state index contributed by atoms with van der Waals surface area (Å²) in [7, 11) is 0. The lowest BCUT2D eigenvalue weighted by molar-refractivity contribution is 0.0746. The Morgan fingerprint density at radius 3 is 2.50 bits per heavy atom. The van der Waals surface area contributed by atoms with Crippen LogP contribution < -0.4 is 4.90 Å². The highest BCUT2D eigenvalue weighted by Crippen LogP contribution is 2.21. The molecule has 1 amide bonds. The fourth-order valence-corrected chi connectivity index (χ4v) is 2.67. The molecule has 2 aromatic heterocycles. The van der Waals surface area contributed by atoms with Gasteiger partial charge in [0, 0.05) is 38.6 Å². The number of halogens is 2. The number of anilines is 1. The van der Waals surface area contributed by atoms with Gasteiger partial charge in [-0.15, -0.1) is 0 Å². The average molecular weight is 337 g/mol. The molecule has 1 aliphatic heterocycles. The normalized spacial score (nSPS) is 15.0. The van der Waals surface area contributed by atoms with E-state index in [1.165, 1.54) is 6.20 Å². The molecular weight excluding hydrogens is 323 g/mol. The maximum atomic E-state index is 12.5. The van der Waals surface area contributed by atoms with Crippen molar-refractivity contribution >= 4 is 34.9 Å². The Kier molecular flexibility index (Phi) is 4.45. The van der Waals surface area contributed by atoms with Gasteiger partial charge in [-0.3, -0.25) is 4.79 Å². The molecular formula is C15H14Cl2N4O. The second kappa shape index (κ2) is 6.50. The maximum Gasteiger partial charge on any atom is 0.255 e. The zero-order valence-electron chi connectivity index (χ0n) is 11.7. The lowest BCUT2D eigenvalue weighted by Gasteiger charge is -2.35. The number of nitrogens with zero attached hydrogens (tertiary/aromatic N) is 4.